The molecule has 1 aliphatic heterocycles. The largest absolute Gasteiger partial charge is 0.454 e. The maximum Gasteiger partial charge on any atom is 0.268 e. The number of amides is 2. The van der Waals surface area contributed by atoms with Crippen LogP contribution < -0.4 is 20.1 Å². The van der Waals surface area contributed by atoms with Gasteiger partial charge in [0.15, 0.2) is 11.5 Å². The zero-order chi connectivity index (χ0) is 17.4. The molecule has 0 bridgehead atoms. The molecule has 8 heteroatoms. The molecule has 2 N–H and O–H groups in total. The molecule has 2 amide bonds. The van der Waals surface area contributed by atoms with Crippen molar-refractivity contribution in [3.8, 4) is 11.5 Å². The van der Waals surface area contributed by atoms with E-state index < -0.39 is 0 Å². The highest BCUT2D eigenvalue weighted by Gasteiger charge is 2.16. The van der Waals surface area contributed by atoms with Gasteiger partial charge in [0.2, 0.25) is 12.7 Å². The van der Waals surface area contributed by atoms with Crippen molar-refractivity contribution in [3.05, 3.63) is 41.4 Å². The molecule has 0 aliphatic carbocycles. The molecule has 7 nitrogen and oxygen atoms in total. The third-order valence-electron chi connectivity index (χ3n) is 3.96. The minimum Gasteiger partial charge on any atom is -0.454 e. The number of ether oxygens (including phenoxy) is 2. The van der Waals surface area contributed by atoms with Crippen LogP contribution in [-0.4, -0.2) is 29.7 Å². The second-order valence-electron chi connectivity index (χ2n) is 5.56. The third kappa shape index (κ3) is 2.91. The van der Waals surface area contributed by atoms with Gasteiger partial charge in [-0.3, -0.25) is 9.59 Å². The van der Waals surface area contributed by atoms with Gasteiger partial charge in [-0.25, -0.2) is 0 Å². The molecule has 128 valence electrons. The SMILES string of the molecule is Cn1c(C(=O)NCC(=O)Nc2ccc3c(c2)OCO3)cc2sccc21. The van der Waals surface area contributed by atoms with E-state index in [-0.39, 0.29) is 25.2 Å². The van der Waals surface area contributed by atoms with Gasteiger partial charge in [-0.05, 0) is 29.6 Å². The molecule has 1 aromatic carbocycles. The standard InChI is InChI=1S/C17H15N3O4S/c1-20-11-4-5-25-15(11)7-12(20)17(22)18-8-16(21)19-10-2-3-13-14(6-10)24-9-23-13/h2-7H,8-9H2,1H3,(H,18,22)(H,19,21). The maximum atomic E-state index is 12.3. The number of rotatable bonds is 4. The predicted molar refractivity (Wildman–Crippen MR) is 94.3 cm³/mol. The van der Waals surface area contributed by atoms with E-state index in [9.17, 15) is 9.59 Å². The van der Waals surface area contributed by atoms with Gasteiger partial charge in [-0.15, -0.1) is 11.3 Å². The summed E-state index contributed by atoms with van der Waals surface area (Å²) in [7, 11) is 1.83. The Morgan fingerprint density at radius 3 is 2.88 bits per heavy atom. The fraction of sp³-hybridized carbons (Fsp3) is 0.176. The van der Waals surface area contributed by atoms with Crippen LogP contribution in [0.1, 0.15) is 10.5 Å². The molecule has 4 rings (SSSR count). The van der Waals surface area contributed by atoms with Gasteiger partial charge in [-0.1, -0.05) is 0 Å². The van der Waals surface area contributed by atoms with Crippen molar-refractivity contribution in [2.75, 3.05) is 18.7 Å². The fourth-order valence-corrected chi connectivity index (χ4v) is 3.55. The Kier molecular flexibility index (Phi) is 3.81. The van der Waals surface area contributed by atoms with Gasteiger partial charge < -0.3 is 24.7 Å². The van der Waals surface area contributed by atoms with Crippen molar-refractivity contribution in [1.29, 1.82) is 0 Å². The van der Waals surface area contributed by atoms with E-state index in [1.807, 2.05) is 29.1 Å². The van der Waals surface area contributed by atoms with E-state index in [2.05, 4.69) is 10.6 Å². The summed E-state index contributed by atoms with van der Waals surface area (Å²) in [6.07, 6.45) is 0. The van der Waals surface area contributed by atoms with Crippen molar-refractivity contribution in [2.24, 2.45) is 7.05 Å². The number of fused-ring (bicyclic) bond motifs is 2. The molecule has 0 saturated heterocycles. The van der Waals surface area contributed by atoms with Crippen LogP contribution >= 0.6 is 11.3 Å². The van der Waals surface area contributed by atoms with Crippen molar-refractivity contribution in [2.45, 2.75) is 0 Å². The highest BCUT2D eigenvalue weighted by atomic mass is 32.1. The molecule has 0 fully saturated rings. The third-order valence-corrected chi connectivity index (χ3v) is 4.82. The highest BCUT2D eigenvalue weighted by Crippen LogP contribution is 2.34. The van der Waals surface area contributed by atoms with Crippen LogP contribution in [0.25, 0.3) is 10.2 Å². The zero-order valence-electron chi connectivity index (χ0n) is 13.4. The zero-order valence-corrected chi connectivity index (χ0v) is 14.2. The lowest BCUT2D eigenvalue weighted by atomic mass is 10.2. The summed E-state index contributed by atoms with van der Waals surface area (Å²) in [5.74, 6) is 0.635. The van der Waals surface area contributed by atoms with Crippen LogP contribution in [-0.2, 0) is 11.8 Å². The Morgan fingerprint density at radius 2 is 2.04 bits per heavy atom. The van der Waals surface area contributed by atoms with Gasteiger partial charge in [0.25, 0.3) is 5.91 Å². The number of hydrogen-bond acceptors (Lipinski definition) is 5. The van der Waals surface area contributed by atoms with Crippen LogP contribution in [0.4, 0.5) is 5.69 Å². The minimum atomic E-state index is -0.316. The van der Waals surface area contributed by atoms with Gasteiger partial charge >= 0.3 is 0 Å². The summed E-state index contributed by atoms with van der Waals surface area (Å²) in [6.45, 7) is 0.0585. The summed E-state index contributed by atoms with van der Waals surface area (Å²) in [4.78, 5) is 24.4. The number of carbonyl (C=O) groups is 2. The van der Waals surface area contributed by atoms with Crippen LogP contribution in [0, 0.1) is 0 Å². The van der Waals surface area contributed by atoms with E-state index in [4.69, 9.17) is 9.47 Å². The van der Waals surface area contributed by atoms with Gasteiger partial charge in [0.1, 0.15) is 5.69 Å². The molecule has 3 aromatic rings. The van der Waals surface area contributed by atoms with Crippen LogP contribution in [0.5, 0.6) is 11.5 Å². The number of nitrogens with zero attached hydrogens (tertiary/aromatic N) is 1. The summed E-state index contributed by atoms with van der Waals surface area (Å²) in [5, 5.41) is 7.34. The van der Waals surface area contributed by atoms with Gasteiger partial charge in [0, 0.05) is 18.8 Å². The number of benzene rings is 1. The molecule has 0 radical (unpaired) electrons. The van der Waals surface area contributed by atoms with Crippen LogP contribution in [0.2, 0.25) is 0 Å². The lowest BCUT2D eigenvalue weighted by Crippen LogP contribution is -2.33. The van der Waals surface area contributed by atoms with Crippen LogP contribution in [0.3, 0.4) is 0 Å². The first kappa shape index (κ1) is 15.5. The summed E-state index contributed by atoms with van der Waals surface area (Å²) in [6, 6.07) is 8.92. The molecule has 0 spiro atoms. The van der Waals surface area contributed by atoms with Crippen molar-refractivity contribution in [3.63, 3.8) is 0 Å². The number of anilines is 1. The lowest BCUT2D eigenvalue weighted by molar-refractivity contribution is -0.115. The number of thiophene rings is 1. The van der Waals surface area contributed by atoms with Crippen LogP contribution in [0.15, 0.2) is 35.7 Å². The molecule has 0 saturated carbocycles. The summed E-state index contributed by atoms with van der Waals surface area (Å²) >= 11 is 1.57. The first-order chi connectivity index (χ1) is 12.1. The second kappa shape index (κ2) is 6.14. The smallest absolute Gasteiger partial charge is 0.268 e. The molecule has 3 heterocycles. The first-order valence-corrected chi connectivity index (χ1v) is 8.50. The fourth-order valence-electron chi connectivity index (χ4n) is 2.70. The Labute approximate surface area is 147 Å². The summed E-state index contributed by atoms with van der Waals surface area (Å²) in [5.41, 5.74) is 2.11. The second-order valence-corrected chi connectivity index (χ2v) is 6.51. The topological polar surface area (TPSA) is 81.6 Å². The van der Waals surface area contributed by atoms with Crippen molar-refractivity contribution < 1.29 is 19.1 Å². The number of nitrogens with one attached hydrogen (secondary N) is 2. The number of hydrogen-bond donors (Lipinski definition) is 2. The average Bonchev–Trinajstić information content (AvgIpc) is 3.30. The maximum absolute atomic E-state index is 12.3. The number of carbonyl (C=O) groups excluding carboxylic acids is 2. The molecule has 2 aromatic heterocycles. The van der Waals surface area contributed by atoms with E-state index >= 15 is 0 Å². The summed E-state index contributed by atoms with van der Waals surface area (Å²) < 4.78 is 13.3. The van der Waals surface area contributed by atoms with E-state index in [0.717, 1.165) is 10.2 Å². The Hall–Kier alpha value is -3.00. The predicted octanol–water partition coefficient (Wildman–Crippen LogP) is 2.34. The quantitative estimate of drug-likeness (QED) is 0.751. The highest BCUT2D eigenvalue weighted by molar-refractivity contribution is 7.17. The molecular formula is C17H15N3O4S. The molecule has 0 unspecified atom stereocenters. The normalized spacial score (nSPS) is 12.4. The molecule has 0 atom stereocenters. The van der Waals surface area contributed by atoms with Gasteiger partial charge in [-0.2, -0.15) is 0 Å². The number of aryl methyl sites for hydroxylation is 1. The van der Waals surface area contributed by atoms with E-state index in [0.29, 0.717) is 22.9 Å². The monoisotopic (exact) mass is 357 g/mol. The molecule has 1 aliphatic rings. The van der Waals surface area contributed by atoms with E-state index in [1.165, 1.54) is 0 Å². The Morgan fingerprint density at radius 1 is 1.20 bits per heavy atom. The van der Waals surface area contributed by atoms with Gasteiger partial charge in [0.05, 0.1) is 16.8 Å². The average molecular weight is 357 g/mol. The molecule has 25 heavy (non-hydrogen) atoms. The molecular weight excluding hydrogens is 342 g/mol. The van der Waals surface area contributed by atoms with E-state index in [1.54, 1.807) is 29.5 Å². The lowest BCUT2D eigenvalue weighted by Gasteiger charge is -2.08. The Bertz CT molecular complexity index is 976. The first-order valence-electron chi connectivity index (χ1n) is 7.62. The minimum absolute atomic E-state index is 0.119. The number of aromatic nitrogens is 1. The van der Waals surface area contributed by atoms with Crippen molar-refractivity contribution >= 4 is 39.1 Å². The van der Waals surface area contributed by atoms with Crippen molar-refractivity contribution in [1.82, 2.24) is 9.88 Å². The Balaban J connectivity index is 1.37.